The monoisotopic (exact) mass is 390 g/mol. The smallest absolute Gasteiger partial charge is 0.387 e. The Bertz CT molecular complexity index is 958. The minimum absolute atomic E-state index is 0.00552. The number of carbonyl (C=O) groups excluding carboxylic acids is 1. The number of hydrogen-bond acceptors (Lipinski definition) is 10. The lowest BCUT2D eigenvalue weighted by atomic mass is 10.1. The predicted molar refractivity (Wildman–Crippen MR) is 83.8 cm³/mol. The van der Waals surface area contributed by atoms with Crippen LogP contribution in [0.3, 0.4) is 0 Å². The molecule has 14 nitrogen and oxygen atoms in total. The molecular weight excluding hydrogens is 375 g/mol. The van der Waals surface area contributed by atoms with Gasteiger partial charge in [0.05, 0.1) is 12.9 Å². The molecule has 0 radical (unpaired) electrons. The first-order chi connectivity index (χ1) is 12.1. The van der Waals surface area contributed by atoms with Crippen molar-refractivity contribution in [3.8, 4) is 0 Å². The summed E-state index contributed by atoms with van der Waals surface area (Å²) in [6.07, 6.45) is -4.42. The summed E-state index contributed by atoms with van der Waals surface area (Å²) in [6, 6.07) is 0. The van der Waals surface area contributed by atoms with Gasteiger partial charge in [0.15, 0.2) is 17.4 Å². The Morgan fingerprint density at radius 3 is 2.81 bits per heavy atom. The first-order valence-corrected chi connectivity index (χ1v) is 8.71. The first-order valence-electron chi connectivity index (χ1n) is 7.13. The first kappa shape index (κ1) is 18.4. The molecule has 1 saturated heterocycles. The van der Waals surface area contributed by atoms with Crippen LogP contribution in [0.2, 0.25) is 0 Å². The third-order valence-electron chi connectivity index (χ3n) is 3.75. The topological polar surface area (TPSA) is 229 Å². The van der Waals surface area contributed by atoms with Gasteiger partial charge in [-0.1, -0.05) is 0 Å². The van der Waals surface area contributed by atoms with Gasteiger partial charge in [0, 0.05) is 0 Å². The number of aromatic nitrogens is 4. The largest absolute Gasteiger partial charge is 0.415 e. The summed E-state index contributed by atoms with van der Waals surface area (Å²) in [5.74, 6) is -0.195. The molecule has 3 heterocycles. The van der Waals surface area contributed by atoms with Gasteiger partial charge < -0.3 is 31.3 Å². The van der Waals surface area contributed by atoms with E-state index in [1.165, 1.54) is 4.57 Å². The summed E-state index contributed by atoms with van der Waals surface area (Å²) >= 11 is 0. The Labute approximate surface area is 143 Å². The lowest BCUT2D eigenvalue weighted by molar-refractivity contribution is -0.0481. The number of primary amides is 1. The number of ether oxygens (including phenoxy) is 1. The van der Waals surface area contributed by atoms with Gasteiger partial charge in [-0.2, -0.15) is 4.98 Å². The fourth-order valence-electron chi connectivity index (χ4n) is 2.46. The van der Waals surface area contributed by atoms with Crippen LogP contribution in [-0.4, -0.2) is 65.2 Å². The quantitative estimate of drug-likeness (QED) is 0.295. The van der Waals surface area contributed by atoms with E-state index in [-0.39, 0.29) is 17.1 Å². The van der Waals surface area contributed by atoms with Gasteiger partial charge in [0.1, 0.15) is 18.3 Å². The number of nitrogens with one attached hydrogen (secondary N) is 1. The number of rotatable bonds is 5. The number of imidazole rings is 1. The van der Waals surface area contributed by atoms with Crippen LogP contribution in [-0.2, 0) is 13.8 Å². The van der Waals surface area contributed by atoms with Crippen molar-refractivity contribution < 1.29 is 33.7 Å². The van der Waals surface area contributed by atoms with Crippen molar-refractivity contribution in [2.45, 2.75) is 24.5 Å². The average Bonchev–Trinajstić information content (AvgIpc) is 3.08. The molecule has 0 aromatic carbocycles. The molecule has 15 heteroatoms. The number of H-pyrrole nitrogens is 1. The Balaban J connectivity index is 1.86. The van der Waals surface area contributed by atoms with Crippen LogP contribution < -0.4 is 17.0 Å². The summed E-state index contributed by atoms with van der Waals surface area (Å²) in [7, 11) is -4.72. The summed E-state index contributed by atoms with van der Waals surface area (Å²) in [5, 5.41) is 20.2. The molecule has 26 heavy (non-hydrogen) atoms. The van der Waals surface area contributed by atoms with Crippen molar-refractivity contribution >= 4 is 30.4 Å². The molecule has 1 fully saturated rings. The molecule has 0 aliphatic carbocycles. The van der Waals surface area contributed by atoms with Crippen molar-refractivity contribution in [1.82, 2.24) is 19.5 Å². The minimum atomic E-state index is -4.72. The van der Waals surface area contributed by atoms with E-state index >= 15 is 0 Å². The van der Waals surface area contributed by atoms with Crippen molar-refractivity contribution in [2.24, 2.45) is 5.73 Å². The van der Waals surface area contributed by atoms with Crippen LogP contribution >= 0.6 is 7.60 Å². The van der Waals surface area contributed by atoms with Crippen LogP contribution in [0.4, 0.5) is 10.7 Å². The second-order valence-electron chi connectivity index (χ2n) is 5.48. The van der Waals surface area contributed by atoms with E-state index < -0.39 is 49.9 Å². The maximum absolute atomic E-state index is 11.8. The molecule has 1 aliphatic heterocycles. The Morgan fingerprint density at radius 1 is 1.46 bits per heavy atom. The lowest BCUT2D eigenvalue weighted by Gasteiger charge is -2.16. The third-order valence-corrected chi connectivity index (χ3v) is 4.81. The number of aliphatic hydroxyl groups is 2. The van der Waals surface area contributed by atoms with Crippen LogP contribution in [0.25, 0.3) is 11.2 Å². The van der Waals surface area contributed by atoms with Crippen LogP contribution in [0.15, 0.2) is 11.1 Å². The molecule has 2 aromatic heterocycles. The van der Waals surface area contributed by atoms with E-state index in [1.54, 1.807) is 0 Å². The molecular formula is C11H15N6O8P. The minimum Gasteiger partial charge on any atom is -0.387 e. The van der Waals surface area contributed by atoms with E-state index in [0.29, 0.717) is 0 Å². The number of anilines is 1. The third kappa shape index (κ3) is 3.09. The summed E-state index contributed by atoms with van der Waals surface area (Å²) in [4.78, 5) is 41.8. The van der Waals surface area contributed by atoms with Gasteiger partial charge in [-0.05, 0) is 0 Å². The van der Waals surface area contributed by atoms with Gasteiger partial charge in [-0.3, -0.25) is 23.7 Å². The average molecular weight is 390 g/mol. The normalized spacial score (nSPS) is 28.3. The number of hydrogen-bond donors (Lipinski definition) is 6. The molecule has 1 amide bonds. The van der Waals surface area contributed by atoms with Gasteiger partial charge >= 0.3 is 13.2 Å². The molecule has 2 aromatic rings. The highest BCUT2D eigenvalue weighted by atomic mass is 31.2. The van der Waals surface area contributed by atoms with Crippen molar-refractivity contribution in [2.75, 3.05) is 12.3 Å². The fraction of sp³-hybridized carbons (Fsp3) is 0.455. The number of aliphatic hydroxyl groups excluding tert-OH is 2. The molecule has 142 valence electrons. The molecule has 8 N–H and O–H groups in total. The van der Waals surface area contributed by atoms with Crippen molar-refractivity contribution in [1.29, 1.82) is 0 Å². The number of aromatic amines is 1. The van der Waals surface area contributed by atoms with Crippen LogP contribution in [0.5, 0.6) is 0 Å². The van der Waals surface area contributed by atoms with Crippen LogP contribution in [0.1, 0.15) is 6.23 Å². The number of amides is 1. The van der Waals surface area contributed by atoms with E-state index in [0.717, 1.165) is 6.33 Å². The number of nitrogens with zero attached hydrogens (tertiary/aromatic N) is 3. The maximum Gasteiger partial charge on any atom is 0.415 e. The SMILES string of the molecule is NC(=O)P(=O)(O)OC[C@H]1OC(n2cnc3c(=O)[nH]c(N)nc32)[C@H](O)[C@@H]1O. The predicted octanol–water partition coefficient (Wildman–Crippen LogP) is -2.40. The zero-order chi connectivity index (χ0) is 19.2. The highest BCUT2D eigenvalue weighted by Gasteiger charge is 2.45. The standard InChI is InChI=1S/C11H15N6O8P/c12-10-15-7-4(8(20)16-10)14-2-17(7)9-6(19)5(18)3(25-9)1-24-26(22,23)11(13)21/h2-3,5-6,9,18-19H,1H2,(H2,13,21)(H,22,23)(H3,12,15,16,20)/t3-,5-,6-,9?/m1/s1. The van der Waals surface area contributed by atoms with Gasteiger partial charge in [-0.15, -0.1) is 0 Å². The molecule has 0 bridgehead atoms. The molecule has 2 unspecified atom stereocenters. The van der Waals surface area contributed by atoms with E-state index in [4.69, 9.17) is 16.2 Å². The van der Waals surface area contributed by atoms with Crippen LogP contribution in [0, 0.1) is 0 Å². The lowest BCUT2D eigenvalue weighted by Crippen LogP contribution is -2.34. The zero-order valence-electron chi connectivity index (χ0n) is 12.9. The van der Waals surface area contributed by atoms with Gasteiger partial charge in [0.2, 0.25) is 5.95 Å². The molecule has 0 saturated carbocycles. The maximum atomic E-state index is 11.8. The van der Waals surface area contributed by atoms with E-state index in [2.05, 4.69) is 19.5 Å². The highest BCUT2D eigenvalue weighted by molar-refractivity contribution is 7.70. The number of fused-ring (bicyclic) bond motifs is 1. The number of carbonyl (C=O) groups is 1. The van der Waals surface area contributed by atoms with Gasteiger partial charge in [0.25, 0.3) is 5.56 Å². The molecule has 3 rings (SSSR count). The Kier molecular flexibility index (Phi) is 4.56. The molecule has 5 atom stereocenters. The number of nitrogen functional groups attached to an aromatic ring is 1. The van der Waals surface area contributed by atoms with E-state index in [9.17, 15) is 29.3 Å². The second kappa shape index (κ2) is 6.42. The molecule has 0 spiro atoms. The molecule has 1 aliphatic rings. The van der Waals surface area contributed by atoms with Crippen molar-refractivity contribution in [3.05, 3.63) is 16.7 Å². The summed E-state index contributed by atoms with van der Waals surface area (Å²) in [5.41, 5.74) is 7.94. The summed E-state index contributed by atoms with van der Waals surface area (Å²) in [6.45, 7) is -0.700. The van der Waals surface area contributed by atoms with E-state index in [1.807, 2.05) is 0 Å². The highest BCUT2D eigenvalue weighted by Crippen LogP contribution is 2.43. The number of nitrogens with two attached hydrogens (primary N) is 2. The zero-order valence-corrected chi connectivity index (χ0v) is 13.8. The van der Waals surface area contributed by atoms with Gasteiger partial charge in [-0.25, -0.2) is 9.55 Å². The Hall–Kier alpha value is -2.35. The Morgan fingerprint density at radius 2 is 2.15 bits per heavy atom. The fourth-order valence-corrected chi connectivity index (χ4v) is 2.94. The van der Waals surface area contributed by atoms with Crippen molar-refractivity contribution in [3.63, 3.8) is 0 Å². The summed E-state index contributed by atoms with van der Waals surface area (Å²) < 4.78 is 22.5. The second-order valence-corrected chi connectivity index (χ2v) is 7.22.